The van der Waals surface area contributed by atoms with Crippen LogP contribution in [-0.4, -0.2) is 36.1 Å². The Hall–Kier alpha value is -0.930. The van der Waals surface area contributed by atoms with Crippen molar-refractivity contribution in [3.05, 3.63) is 30.1 Å². The van der Waals surface area contributed by atoms with Gasteiger partial charge in [0.25, 0.3) is 0 Å². The average molecular weight is 261 g/mol. The number of nitrogens with one attached hydrogen (secondary N) is 1. The van der Waals surface area contributed by atoms with E-state index in [2.05, 4.69) is 35.1 Å². The smallest absolute Gasteiger partial charge is 0.0312 e. The number of hydrogen-bond acceptors (Lipinski definition) is 3. The lowest BCUT2D eigenvalue weighted by Gasteiger charge is -2.38. The summed E-state index contributed by atoms with van der Waals surface area (Å²) in [4.78, 5) is 6.72. The molecule has 0 aliphatic carbocycles. The Kier molecular flexibility index (Phi) is 5.34. The first-order valence-electron chi connectivity index (χ1n) is 7.54. The molecule has 0 radical (unpaired) electrons. The number of aromatic nitrogens is 1. The fourth-order valence-electron chi connectivity index (χ4n) is 2.64. The molecular weight excluding hydrogens is 234 g/mol. The maximum absolute atomic E-state index is 4.13. The Morgan fingerprint density at radius 1 is 1.37 bits per heavy atom. The van der Waals surface area contributed by atoms with Crippen molar-refractivity contribution < 1.29 is 0 Å². The molecule has 1 N–H and O–H groups in total. The SMILES string of the molecule is CCC1(C)CCN(CCNCc2cccnc2)CC1. The molecule has 0 bridgehead atoms. The quantitative estimate of drug-likeness (QED) is 0.798. The zero-order chi connectivity index (χ0) is 13.6. The third-order valence-corrected chi connectivity index (χ3v) is 4.57. The second kappa shape index (κ2) is 7.01. The molecule has 0 spiro atoms. The second-order valence-electron chi connectivity index (χ2n) is 6.04. The molecule has 0 amide bonds. The summed E-state index contributed by atoms with van der Waals surface area (Å²) in [6.45, 7) is 10.4. The number of hydrogen-bond donors (Lipinski definition) is 1. The Bertz CT molecular complexity index is 356. The van der Waals surface area contributed by atoms with Crippen LogP contribution in [0, 0.1) is 5.41 Å². The first kappa shape index (κ1) is 14.5. The molecule has 0 aromatic carbocycles. The molecule has 1 fully saturated rings. The van der Waals surface area contributed by atoms with Gasteiger partial charge in [0.15, 0.2) is 0 Å². The summed E-state index contributed by atoms with van der Waals surface area (Å²) < 4.78 is 0. The van der Waals surface area contributed by atoms with Crippen molar-refractivity contribution in [1.82, 2.24) is 15.2 Å². The van der Waals surface area contributed by atoms with Crippen LogP contribution in [-0.2, 0) is 6.54 Å². The summed E-state index contributed by atoms with van der Waals surface area (Å²) in [6, 6.07) is 4.11. The van der Waals surface area contributed by atoms with Gasteiger partial charge in [-0.1, -0.05) is 26.3 Å². The van der Waals surface area contributed by atoms with Gasteiger partial charge in [-0.05, 0) is 43.0 Å². The van der Waals surface area contributed by atoms with Gasteiger partial charge in [-0.2, -0.15) is 0 Å². The van der Waals surface area contributed by atoms with E-state index in [1.54, 1.807) is 0 Å². The molecule has 1 aromatic rings. The Morgan fingerprint density at radius 3 is 2.79 bits per heavy atom. The molecule has 1 aliphatic heterocycles. The Morgan fingerprint density at radius 2 is 2.16 bits per heavy atom. The molecule has 0 atom stereocenters. The molecule has 2 rings (SSSR count). The van der Waals surface area contributed by atoms with Crippen LogP contribution in [0.5, 0.6) is 0 Å². The highest BCUT2D eigenvalue weighted by Gasteiger charge is 2.27. The summed E-state index contributed by atoms with van der Waals surface area (Å²) >= 11 is 0. The summed E-state index contributed by atoms with van der Waals surface area (Å²) in [5.41, 5.74) is 1.86. The predicted molar refractivity (Wildman–Crippen MR) is 80.0 cm³/mol. The Labute approximate surface area is 117 Å². The predicted octanol–water partition coefficient (Wildman–Crippen LogP) is 2.68. The van der Waals surface area contributed by atoms with Gasteiger partial charge in [0.05, 0.1) is 0 Å². The van der Waals surface area contributed by atoms with Crippen LogP contribution in [0.2, 0.25) is 0 Å². The maximum atomic E-state index is 4.13. The van der Waals surface area contributed by atoms with Crippen LogP contribution >= 0.6 is 0 Å². The molecule has 3 nitrogen and oxygen atoms in total. The summed E-state index contributed by atoms with van der Waals surface area (Å²) in [7, 11) is 0. The van der Waals surface area contributed by atoms with Crippen molar-refractivity contribution in [2.75, 3.05) is 26.2 Å². The second-order valence-corrected chi connectivity index (χ2v) is 6.04. The molecular formula is C16H27N3. The normalized spacial score (nSPS) is 19.5. The minimum absolute atomic E-state index is 0.597. The molecule has 19 heavy (non-hydrogen) atoms. The summed E-state index contributed by atoms with van der Waals surface area (Å²) in [6.07, 6.45) is 7.78. The number of piperidine rings is 1. The number of likely N-dealkylation sites (tertiary alicyclic amines) is 1. The largest absolute Gasteiger partial charge is 0.311 e. The van der Waals surface area contributed by atoms with Crippen molar-refractivity contribution in [2.45, 2.75) is 39.7 Å². The maximum Gasteiger partial charge on any atom is 0.0312 e. The first-order chi connectivity index (χ1) is 9.22. The van der Waals surface area contributed by atoms with E-state index in [4.69, 9.17) is 0 Å². The van der Waals surface area contributed by atoms with Gasteiger partial charge in [0.1, 0.15) is 0 Å². The van der Waals surface area contributed by atoms with Crippen LogP contribution in [0.4, 0.5) is 0 Å². The third kappa shape index (κ3) is 4.59. The number of nitrogens with zero attached hydrogens (tertiary/aromatic N) is 2. The minimum atomic E-state index is 0.597. The van der Waals surface area contributed by atoms with E-state index in [1.807, 2.05) is 18.5 Å². The van der Waals surface area contributed by atoms with E-state index >= 15 is 0 Å². The summed E-state index contributed by atoms with van der Waals surface area (Å²) in [5, 5.41) is 3.50. The fourth-order valence-corrected chi connectivity index (χ4v) is 2.64. The lowest BCUT2D eigenvalue weighted by molar-refractivity contribution is 0.115. The highest BCUT2D eigenvalue weighted by molar-refractivity contribution is 5.07. The zero-order valence-corrected chi connectivity index (χ0v) is 12.4. The van der Waals surface area contributed by atoms with Crippen molar-refractivity contribution in [3.63, 3.8) is 0 Å². The first-order valence-corrected chi connectivity index (χ1v) is 7.54. The highest BCUT2D eigenvalue weighted by Crippen LogP contribution is 2.33. The summed E-state index contributed by atoms with van der Waals surface area (Å²) in [5.74, 6) is 0. The zero-order valence-electron chi connectivity index (χ0n) is 12.4. The van der Waals surface area contributed by atoms with Gasteiger partial charge >= 0.3 is 0 Å². The van der Waals surface area contributed by atoms with Crippen molar-refractivity contribution in [1.29, 1.82) is 0 Å². The fraction of sp³-hybridized carbons (Fsp3) is 0.688. The van der Waals surface area contributed by atoms with Gasteiger partial charge in [-0.3, -0.25) is 4.98 Å². The van der Waals surface area contributed by atoms with Crippen LogP contribution in [0.15, 0.2) is 24.5 Å². The van der Waals surface area contributed by atoms with E-state index in [1.165, 1.54) is 44.5 Å². The van der Waals surface area contributed by atoms with Crippen LogP contribution in [0.3, 0.4) is 0 Å². The lowest BCUT2D eigenvalue weighted by atomic mass is 9.78. The van der Waals surface area contributed by atoms with Crippen LogP contribution in [0.1, 0.15) is 38.7 Å². The van der Waals surface area contributed by atoms with Crippen molar-refractivity contribution in [2.24, 2.45) is 5.41 Å². The van der Waals surface area contributed by atoms with Crippen LogP contribution < -0.4 is 5.32 Å². The lowest BCUT2D eigenvalue weighted by Crippen LogP contribution is -2.41. The molecule has 1 aromatic heterocycles. The molecule has 106 valence electrons. The topological polar surface area (TPSA) is 28.2 Å². The average Bonchev–Trinajstić information content (AvgIpc) is 2.47. The van der Waals surface area contributed by atoms with Gasteiger partial charge in [0.2, 0.25) is 0 Å². The van der Waals surface area contributed by atoms with Gasteiger partial charge in [-0.25, -0.2) is 0 Å². The third-order valence-electron chi connectivity index (χ3n) is 4.57. The van der Waals surface area contributed by atoms with Crippen LogP contribution in [0.25, 0.3) is 0 Å². The standard InChI is InChI=1S/C16H27N3/c1-3-16(2)6-10-19(11-7-16)12-9-18-14-15-5-4-8-17-13-15/h4-5,8,13,18H,3,6-7,9-12,14H2,1-2H3. The van der Waals surface area contributed by atoms with Crippen molar-refractivity contribution in [3.8, 4) is 0 Å². The Balaban J connectivity index is 1.60. The molecule has 1 saturated heterocycles. The minimum Gasteiger partial charge on any atom is -0.311 e. The molecule has 2 heterocycles. The van der Waals surface area contributed by atoms with Gasteiger partial charge < -0.3 is 10.2 Å². The van der Waals surface area contributed by atoms with E-state index in [-0.39, 0.29) is 0 Å². The van der Waals surface area contributed by atoms with Gasteiger partial charge in [-0.15, -0.1) is 0 Å². The van der Waals surface area contributed by atoms with E-state index in [0.29, 0.717) is 5.41 Å². The molecule has 0 saturated carbocycles. The number of pyridine rings is 1. The van der Waals surface area contributed by atoms with E-state index in [0.717, 1.165) is 13.1 Å². The number of rotatable bonds is 6. The molecule has 1 aliphatic rings. The monoisotopic (exact) mass is 261 g/mol. The molecule has 0 unspecified atom stereocenters. The van der Waals surface area contributed by atoms with Crippen molar-refractivity contribution >= 4 is 0 Å². The van der Waals surface area contributed by atoms with E-state index in [9.17, 15) is 0 Å². The van der Waals surface area contributed by atoms with Gasteiger partial charge in [0, 0.05) is 32.0 Å². The molecule has 3 heteroatoms. The van der Waals surface area contributed by atoms with E-state index < -0.39 is 0 Å². The highest BCUT2D eigenvalue weighted by atomic mass is 15.1.